The highest BCUT2D eigenvalue weighted by molar-refractivity contribution is 6.32. The van der Waals surface area contributed by atoms with E-state index in [0.717, 1.165) is 0 Å². The molecule has 3 aromatic carbocycles. The molecule has 0 bridgehead atoms. The Balaban J connectivity index is 1.43. The minimum atomic E-state index is -4.89. The molecule has 15 heteroatoms. The van der Waals surface area contributed by atoms with Gasteiger partial charge in [-0.05, 0) is 61.0 Å². The Morgan fingerprint density at radius 3 is 2.04 bits per heavy atom. The number of alkyl halides is 3. The van der Waals surface area contributed by atoms with Gasteiger partial charge in [0.05, 0.1) is 27.6 Å². The summed E-state index contributed by atoms with van der Waals surface area (Å²) in [6.45, 7) is 1.53. The second-order valence-electron chi connectivity index (χ2n) is 9.62. The maximum absolute atomic E-state index is 13.6. The number of hydrogen-bond acceptors (Lipinski definition) is 5. The zero-order valence-electron chi connectivity index (χ0n) is 23.6. The molecule has 234 valence electrons. The van der Waals surface area contributed by atoms with Crippen LogP contribution in [0.1, 0.15) is 32.1 Å². The van der Waals surface area contributed by atoms with Crippen LogP contribution in [0.3, 0.4) is 0 Å². The molecule has 4 amide bonds. The van der Waals surface area contributed by atoms with Crippen molar-refractivity contribution >= 4 is 58.1 Å². The fourth-order valence-corrected chi connectivity index (χ4v) is 4.89. The number of anilines is 3. The number of benzene rings is 3. The van der Waals surface area contributed by atoms with E-state index in [1.807, 2.05) is 0 Å². The average molecular weight is 668 g/mol. The third-order valence-corrected chi connectivity index (χ3v) is 6.98. The van der Waals surface area contributed by atoms with Crippen molar-refractivity contribution in [1.82, 2.24) is 25.6 Å². The van der Waals surface area contributed by atoms with Crippen LogP contribution >= 0.6 is 23.2 Å². The fraction of sp³-hybridized carbons (Fsp3) is 0.0645. The molecule has 0 aliphatic carbocycles. The van der Waals surface area contributed by atoms with Gasteiger partial charge in [-0.15, -0.1) is 0 Å². The number of aromatic nitrogens is 3. The molecule has 2 aromatic heterocycles. The number of amides is 4. The number of para-hydroxylation sites is 2. The van der Waals surface area contributed by atoms with Crippen molar-refractivity contribution in [3.63, 3.8) is 0 Å². The molecule has 0 aliphatic heterocycles. The summed E-state index contributed by atoms with van der Waals surface area (Å²) >= 11 is 12.4. The summed E-state index contributed by atoms with van der Waals surface area (Å²) in [6.07, 6.45) is -3.62. The summed E-state index contributed by atoms with van der Waals surface area (Å²) in [5, 5.41) is 6.05. The van der Waals surface area contributed by atoms with E-state index in [-0.39, 0.29) is 27.1 Å². The second kappa shape index (κ2) is 13.3. The molecule has 0 fully saturated rings. The van der Waals surface area contributed by atoms with Crippen molar-refractivity contribution in [1.29, 1.82) is 0 Å². The van der Waals surface area contributed by atoms with Crippen LogP contribution in [0.2, 0.25) is 10.0 Å². The molecule has 5 aromatic rings. The highest BCUT2D eigenvalue weighted by Crippen LogP contribution is 2.32. The smallest absolute Gasteiger partial charge is 0.320 e. The van der Waals surface area contributed by atoms with Gasteiger partial charge in [-0.3, -0.25) is 19.9 Å². The number of hydrogen-bond donors (Lipinski definition) is 3. The molecule has 0 saturated carbocycles. The van der Waals surface area contributed by atoms with Crippen LogP contribution in [-0.4, -0.2) is 32.6 Å². The van der Waals surface area contributed by atoms with Crippen LogP contribution in [0, 0.1) is 6.92 Å². The number of nitrogens with one attached hydrogen (secondary N) is 3. The number of nitrogens with zero attached hydrogens (tertiary/aromatic N) is 4. The van der Waals surface area contributed by atoms with E-state index in [0.29, 0.717) is 27.7 Å². The quantitative estimate of drug-likeness (QED) is 0.164. The third-order valence-electron chi connectivity index (χ3n) is 6.47. The first-order valence-electron chi connectivity index (χ1n) is 13.3. The monoisotopic (exact) mass is 667 g/mol. The minimum absolute atomic E-state index is 0.0631. The van der Waals surface area contributed by atoms with Gasteiger partial charge in [-0.25, -0.2) is 19.9 Å². The number of hydrazine groups is 1. The molecule has 46 heavy (non-hydrogen) atoms. The number of carbonyl (C=O) groups is 3. The van der Waals surface area contributed by atoms with Gasteiger partial charge in [0.25, 0.3) is 11.8 Å². The highest BCUT2D eigenvalue weighted by atomic mass is 35.5. The van der Waals surface area contributed by atoms with Crippen LogP contribution in [0.4, 0.5) is 35.0 Å². The SMILES string of the molecule is Cc1cc(Cl)cc(C(=O)NNC(=O)N(c2ccccc2)c2ccccc2)c1NC(=O)c1cc(C(F)(F)F)nn1-c1ncccc1Cl. The zero-order chi connectivity index (χ0) is 33.0. The van der Waals surface area contributed by atoms with E-state index >= 15 is 0 Å². The van der Waals surface area contributed by atoms with Gasteiger partial charge in [0.2, 0.25) is 0 Å². The molecule has 10 nitrogen and oxygen atoms in total. The van der Waals surface area contributed by atoms with E-state index in [1.165, 1.54) is 42.3 Å². The van der Waals surface area contributed by atoms with E-state index in [1.54, 1.807) is 60.7 Å². The molecule has 0 radical (unpaired) electrons. The Morgan fingerprint density at radius 2 is 1.46 bits per heavy atom. The Bertz CT molecular complexity index is 1880. The first-order chi connectivity index (χ1) is 21.9. The topological polar surface area (TPSA) is 121 Å². The number of rotatable bonds is 6. The predicted molar refractivity (Wildman–Crippen MR) is 167 cm³/mol. The first-order valence-corrected chi connectivity index (χ1v) is 14.1. The molecule has 0 spiro atoms. The lowest BCUT2D eigenvalue weighted by atomic mass is 10.1. The summed E-state index contributed by atoms with van der Waals surface area (Å²) < 4.78 is 41.5. The third kappa shape index (κ3) is 6.95. The maximum Gasteiger partial charge on any atom is 0.435 e. The molecule has 3 N–H and O–H groups in total. The highest BCUT2D eigenvalue weighted by Gasteiger charge is 2.37. The van der Waals surface area contributed by atoms with Gasteiger partial charge >= 0.3 is 12.2 Å². The van der Waals surface area contributed by atoms with E-state index in [9.17, 15) is 27.6 Å². The minimum Gasteiger partial charge on any atom is -0.320 e. The van der Waals surface area contributed by atoms with Crippen molar-refractivity contribution in [3.05, 3.63) is 130 Å². The van der Waals surface area contributed by atoms with E-state index in [2.05, 4.69) is 26.3 Å². The number of pyridine rings is 1. The molecule has 0 unspecified atom stereocenters. The number of aryl methyl sites for hydroxylation is 1. The number of urea groups is 1. The maximum atomic E-state index is 13.6. The lowest BCUT2D eigenvalue weighted by Gasteiger charge is -2.23. The lowest BCUT2D eigenvalue weighted by molar-refractivity contribution is -0.141. The van der Waals surface area contributed by atoms with Gasteiger partial charge in [0.1, 0.15) is 5.69 Å². The Kier molecular flexibility index (Phi) is 9.26. The van der Waals surface area contributed by atoms with Crippen LogP contribution < -0.4 is 21.1 Å². The van der Waals surface area contributed by atoms with Crippen molar-refractivity contribution in [2.75, 3.05) is 10.2 Å². The van der Waals surface area contributed by atoms with Crippen LogP contribution in [0.5, 0.6) is 0 Å². The van der Waals surface area contributed by atoms with Gasteiger partial charge in [-0.1, -0.05) is 59.6 Å². The first kappa shape index (κ1) is 32.0. The molecule has 5 rings (SSSR count). The molecule has 0 atom stereocenters. The van der Waals surface area contributed by atoms with Gasteiger partial charge in [0.15, 0.2) is 11.5 Å². The van der Waals surface area contributed by atoms with Crippen LogP contribution in [-0.2, 0) is 6.18 Å². The van der Waals surface area contributed by atoms with Gasteiger partial charge < -0.3 is 5.32 Å². The largest absolute Gasteiger partial charge is 0.435 e. The molecular formula is C31H22Cl2F3N7O3. The van der Waals surface area contributed by atoms with Crippen molar-refractivity contribution in [2.24, 2.45) is 0 Å². The number of carbonyl (C=O) groups excluding carboxylic acids is 3. The van der Waals surface area contributed by atoms with Crippen molar-refractivity contribution in [3.8, 4) is 5.82 Å². The Labute approximate surface area is 269 Å². The normalized spacial score (nSPS) is 11.1. The fourth-order valence-electron chi connectivity index (χ4n) is 4.41. The molecule has 0 aliphatic rings. The summed E-state index contributed by atoms with van der Waals surface area (Å²) in [5.74, 6) is -2.17. The van der Waals surface area contributed by atoms with Crippen LogP contribution in [0.15, 0.2) is 97.2 Å². The van der Waals surface area contributed by atoms with Crippen molar-refractivity contribution in [2.45, 2.75) is 13.1 Å². The Morgan fingerprint density at radius 1 is 0.826 bits per heavy atom. The second-order valence-corrected chi connectivity index (χ2v) is 10.5. The summed E-state index contributed by atoms with van der Waals surface area (Å²) in [5.41, 5.74) is 3.77. The molecule has 0 saturated heterocycles. The van der Waals surface area contributed by atoms with E-state index in [4.69, 9.17) is 23.2 Å². The summed E-state index contributed by atoms with van der Waals surface area (Å²) in [6, 6.07) is 22.7. The van der Waals surface area contributed by atoms with Crippen molar-refractivity contribution < 1.29 is 27.6 Å². The number of halogens is 5. The van der Waals surface area contributed by atoms with Gasteiger partial charge in [0, 0.05) is 17.3 Å². The van der Waals surface area contributed by atoms with Gasteiger partial charge in [-0.2, -0.15) is 18.3 Å². The van der Waals surface area contributed by atoms with Crippen LogP contribution in [0.25, 0.3) is 5.82 Å². The average Bonchev–Trinajstić information content (AvgIpc) is 3.49. The summed E-state index contributed by atoms with van der Waals surface area (Å²) in [7, 11) is 0. The zero-order valence-corrected chi connectivity index (χ0v) is 25.2. The predicted octanol–water partition coefficient (Wildman–Crippen LogP) is 7.35. The summed E-state index contributed by atoms with van der Waals surface area (Å²) in [4.78, 5) is 45.5. The standard InChI is InChI=1S/C31H22Cl2F3N7O3/c1-18-15-19(32)16-22(28(44)39-40-30(46)42(20-9-4-2-5-10-20)21-11-6-3-7-12-21)26(18)38-29(45)24-17-25(31(34,35)36)41-43(24)27-23(33)13-8-14-37-27/h2-17H,1H3,(H,38,45)(H,39,44)(H,40,46). The molecule has 2 heterocycles. The molecular weight excluding hydrogens is 646 g/mol. The Hall–Kier alpha value is -5.40. The van der Waals surface area contributed by atoms with E-state index < -0.39 is 35.4 Å². The lowest BCUT2D eigenvalue weighted by Crippen LogP contribution is -2.47.